The lowest BCUT2D eigenvalue weighted by Gasteiger charge is -2.35. The summed E-state index contributed by atoms with van der Waals surface area (Å²) in [6.45, 7) is 1.71. The van der Waals surface area contributed by atoms with Gasteiger partial charge in [0.15, 0.2) is 5.69 Å². The fourth-order valence-electron chi connectivity index (χ4n) is 3.72. The number of rotatable bonds is 7. The zero-order valence-electron chi connectivity index (χ0n) is 16.9. The number of nitrogens with one attached hydrogen (secondary N) is 2. The lowest BCUT2D eigenvalue weighted by Crippen LogP contribution is -2.49. The Kier molecular flexibility index (Phi) is 6.19. The third-order valence-corrected chi connectivity index (χ3v) is 7.33. The van der Waals surface area contributed by atoms with Gasteiger partial charge in [-0.25, -0.2) is 12.8 Å². The Labute approximate surface area is 180 Å². The first-order chi connectivity index (χ1) is 15.0. The number of fused-ring (bicyclic) bond motifs is 1. The van der Waals surface area contributed by atoms with Crippen LogP contribution in [0.2, 0.25) is 0 Å². The first-order valence-electron chi connectivity index (χ1n) is 10.1. The molecule has 0 radical (unpaired) electrons. The Morgan fingerprint density at radius 3 is 2.55 bits per heavy atom. The second-order valence-electron chi connectivity index (χ2n) is 7.38. The summed E-state index contributed by atoms with van der Waals surface area (Å²) in [6.07, 6.45) is 0.296. The highest BCUT2D eigenvalue weighted by Gasteiger charge is 2.27. The molecule has 0 atom stereocenters. The first kappa shape index (κ1) is 21.3. The highest BCUT2D eigenvalue weighted by Crippen LogP contribution is 2.21. The second kappa shape index (κ2) is 9.03. The summed E-state index contributed by atoms with van der Waals surface area (Å²) in [5.41, 5.74) is 1.56. The normalized spacial score (nSPS) is 15.3. The van der Waals surface area contributed by atoms with Crippen molar-refractivity contribution < 1.29 is 17.6 Å². The minimum absolute atomic E-state index is 0.0612. The summed E-state index contributed by atoms with van der Waals surface area (Å²) in [6, 6.07) is 13.8. The molecule has 0 spiro atoms. The van der Waals surface area contributed by atoms with Crippen LogP contribution in [0.1, 0.15) is 16.9 Å². The Bertz CT molecular complexity index is 1170. The van der Waals surface area contributed by atoms with Crippen molar-refractivity contribution in [2.75, 3.05) is 43.4 Å². The number of carbonyl (C=O) groups is 1. The number of aromatic amines is 1. The molecule has 0 bridgehead atoms. The summed E-state index contributed by atoms with van der Waals surface area (Å²) < 4.78 is 40.7. The molecule has 164 valence electrons. The van der Waals surface area contributed by atoms with Gasteiger partial charge in [-0.2, -0.15) is 9.40 Å². The van der Waals surface area contributed by atoms with Crippen molar-refractivity contribution in [3.63, 3.8) is 0 Å². The van der Waals surface area contributed by atoms with E-state index < -0.39 is 10.0 Å². The van der Waals surface area contributed by atoms with Crippen molar-refractivity contribution in [2.45, 2.75) is 6.42 Å². The molecule has 2 N–H and O–H groups in total. The van der Waals surface area contributed by atoms with E-state index in [9.17, 15) is 17.6 Å². The zero-order valence-corrected chi connectivity index (χ0v) is 17.7. The van der Waals surface area contributed by atoms with Gasteiger partial charge in [0.2, 0.25) is 10.0 Å². The number of H-pyrrole nitrogens is 1. The molecule has 2 aromatic carbocycles. The summed E-state index contributed by atoms with van der Waals surface area (Å²) >= 11 is 0. The monoisotopic (exact) mass is 445 g/mol. The van der Waals surface area contributed by atoms with Crippen molar-refractivity contribution in [3.05, 3.63) is 60.0 Å². The van der Waals surface area contributed by atoms with Crippen molar-refractivity contribution in [1.29, 1.82) is 0 Å². The van der Waals surface area contributed by atoms with E-state index >= 15 is 0 Å². The van der Waals surface area contributed by atoms with Gasteiger partial charge in [-0.05, 0) is 24.6 Å². The van der Waals surface area contributed by atoms with Crippen LogP contribution in [0.25, 0.3) is 10.9 Å². The number of sulfonamides is 1. The molecule has 1 aromatic heterocycles. The lowest BCUT2D eigenvalue weighted by atomic mass is 10.2. The number of carbonyl (C=O) groups excluding carboxylic acids is 1. The van der Waals surface area contributed by atoms with Gasteiger partial charge in [-0.15, -0.1) is 0 Å². The van der Waals surface area contributed by atoms with Crippen LogP contribution in [-0.4, -0.2) is 67.3 Å². The van der Waals surface area contributed by atoms with Gasteiger partial charge in [0.25, 0.3) is 5.91 Å². The van der Waals surface area contributed by atoms with Crippen molar-refractivity contribution in [3.8, 4) is 0 Å². The number of hydrogen-bond donors (Lipinski definition) is 2. The maximum absolute atomic E-state index is 13.9. The third-order valence-electron chi connectivity index (χ3n) is 5.38. The lowest BCUT2D eigenvalue weighted by molar-refractivity contribution is 0.0950. The maximum atomic E-state index is 13.9. The van der Waals surface area contributed by atoms with E-state index in [0.29, 0.717) is 44.0 Å². The molecule has 1 amide bonds. The van der Waals surface area contributed by atoms with Crippen LogP contribution in [0.5, 0.6) is 0 Å². The largest absolute Gasteiger partial charge is 0.367 e. The van der Waals surface area contributed by atoms with Gasteiger partial charge in [0.1, 0.15) is 5.82 Å². The van der Waals surface area contributed by atoms with E-state index in [0.717, 1.165) is 10.9 Å². The topological polar surface area (TPSA) is 98.4 Å². The number of nitrogens with zero attached hydrogens (tertiary/aromatic N) is 3. The molecule has 2 heterocycles. The van der Waals surface area contributed by atoms with Gasteiger partial charge in [-0.1, -0.05) is 30.3 Å². The number of halogens is 1. The molecule has 0 saturated carbocycles. The van der Waals surface area contributed by atoms with Crippen LogP contribution < -0.4 is 10.2 Å². The highest BCUT2D eigenvalue weighted by atomic mass is 32.2. The predicted molar refractivity (Wildman–Crippen MR) is 117 cm³/mol. The van der Waals surface area contributed by atoms with E-state index in [1.807, 2.05) is 23.1 Å². The summed E-state index contributed by atoms with van der Waals surface area (Å²) in [5, 5.41) is 10.3. The van der Waals surface area contributed by atoms with Crippen LogP contribution in [0, 0.1) is 5.82 Å². The van der Waals surface area contributed by atoms with Crippen molar-refractivity contribution in [2.24, 2.45) is 0 Å². The Morgan fingerprint density at radius 1 is 1.06 bits per heavy atom. The molecule has 1 saturated heterocycles. The summed E-state index contributed by atoms with van der Waals surface area (Å²) in [4.78, 5) is 14.2. The average Bonchev–Trinajstić information content (AvgIpc) is 3.21. The molecule has 10 heteroatoms. The molecule has 3 aromatic rings. The SMILES string of the molecule is O=C(NCCCS(=O)(=O)N1CCN(c2ccccc2F)CC1)c1n[nH]c2ccccc12. The van der Waals surface area contributed by atoms with E-state index in [4.69, 9.17) is 0 Å². The van der Waals surface area contributed by atoms with Crippen LogP contribution in [0.3, 0.4) is 0 Å². The Balaban J connectivity index is 1.25. The standard InChI is InChI=1S/C21H24FN5O3S/c22-17-7-2-4-9-19(17)26-11-13-27(14-12-26)31(29,30)15-5-10-23-21(28)20-16-6-1-3-8-18(16)24-25-20/h1-4,6-9H,5,10-15H2,(H,23,28)(H,24,25). The number of para-hydroxylation sites is 2. The van der Waals surface area contributed by atoms with E-state index in [-0.39, 0.29) is 24.0 Å². The minimum Gasteiger partial charge on any atom is -0.367 e. The second-order valence-corrected chi connectivity index (χ2v) is 9.47. The number of anilines is 1. The number of benzene rings is 2. The molecule has 8 nitrogen and oxygen atoms in total. The average molecular weight is 446 g/mol. The Morgan fingerprint density at radius 2 is 1.77 bits per heavy atom. The van der Waals surface area contributed by atoms with Gasteiger partial charge >= 0.3 is 0 Å². The van der Waals surface area contributed by atoms with Crippen molar-refractivity contribution in [1.82, 2.24) is 19.8 Å². The number of aromatic nitrogens is 2. The number of hydrogen-bond acceptors (Lipinski definition) is 5. The molecule has 1 aliphatic heterocycles. The molecule has 0 aliphatic carbocycles. The predicted octanol–water partition coefficient (Wildman–Crippen LogP) is 1.97. The summed E-state index contributed by atoms with van der Waals surface area (Å²) in [5.74, 6) is -0.707. The molecule has 31 heavy (non-hydrogen) atoms. The number of amides is 1. The zero-order chi connectivity index (χ0) is 21.8. The van der Waals surface area contributed by atoms with E-state index in [2.05, 4.69) is 15.5 Å². The fraction of sp³-hybridized carbons (Fsp3) is 0.333. The van der Waals surface area contributed by atoms with Gasteiger partial charge in [0.05, 0.1) is 17.0 Å². The van der Waals surface area contributed by atoms with Crippen LogP contribution in [0.4, 0.5) is 10.1 Å². The first-order valence-corrected chi connectivity index (χ1v) is 11.8. The summed E-state index contributed by atoms with van der Waals surface area (Å²) in [7, 11) is -3.45. The quantitative estimate of drug-likeness (QED) is 0.542. The van der Waals surface area contributed by atoms with Crippen LogP contribution in [-0.2, 0) is 10.0 Å². The van der Waals surface area contributed by atoms with Crippen molar-refractivity contribution >= 4 is 32.5 Å². The van der Waals surface area contributed by atoms with Crippen LogP contribution in [0.15, 0.2) is 48.5 Å². The smallest absolute Gasteiger partial charge is 0.272 e. The third kappa shape index (κ3) is 4.70. The van der Waals surface area contributed by atoms with E-state index in [1.165, 1.54) is 10.4 Å². The highest BCUT2D eigenvalue weighted by molar-refractivity contribution is 7.89. The molecule has 0 unspecified atom stereocenters. The fourth-order valence-corrected chi connectivity index (χ4v) is 5.21. The molecular weight excluding hydrogens is 421 g/mol. The molecule has 1 aliphatic rings. The molecule has 4 rings (SSSR count). The van der Waals surface area contributed by atoms with Gasteiger partial charge in [0, 0.05) is 38.1 Å². The maximum Gasteiger partial charge on any atom is 0.272 e. The molecule has 1 fully saturated rings. The molecular formula is C21H24FN5O3S. The number of piperazine rings is 1. The van der Waals surface area contributed by atoms with Gasteiger partial charge < -0.3 is 10.2 Å². The van der Waals surface area contributed by atoms with Crippen LogP contribution >= 0.6 is 0 Å². The minimum atomic E-state index is -3.45. The van der Waals surface area contributed by atoms with E-state index in [1.54, 1.807) is 24.3 Å². The Hall–Kier alpha value is -2.98. The van der Waals surface area contributed by atoms with Gasteiger partial charge in [-0.3, -0.25) is 9.89 Å².